The van der Waals surface area contributed by atoms with Gasteiger partial charge in [0.25, 0.3) is 0 Å². The monoisotopic (exact) mass is 756 g/mol. The van der Waals surface area contributed by atoms with Crippen molar-refractivity contribution in [1.29, 1.82) is 0 Å². The Morgan fingerprint density at radius 1 is 0.673 bits per heavy atom. The van der Waals surface area contributed by atoms with E-state index in [1.807, 2.05) is 0 Å². The minimum absolute atomic E-state index is 0.0967. The molecular formula is C40H44N4O11. The number of nitrogens with one attached hydrogen (secondary N) is 2. The predicted molar refractivity (Wildman–Crippen MR) is 195 cm³/mol. The van der Waals surface area contributed by atoms with Crippen molar-refractivity contribution in [1.82, 2.24) is 20.4 Å². The molecule has 5 rings (SSSR count). The number of carbonyl (C=O) groups excluding carboxylic acids is 7. The molecule has 55 heavy (non-hydrogen) atoms. The molecular weight excluding hydrogens is 712 g/mol. The van der Waals surface area contributed by atoms with Gasteiger partial charge in [-0.1, -0.05) is 91.0 Å². The molecule has 0 spiro atoms. The van der Waals surface area contributed by atoms with E-state index in [1.54, 1.807) is 112 Å². The van der Waals surface area contributed by atoms with Crippen molar-refractivity contribution in [2.45, 2.75) is 96.0 Å². The Bertz CT molecular complexity index is 1880. The van der Waals surface area contributed by atoms with Crippen LogP contribution in [0.15, 0.2) is 91.0 Å². The van der Waals surface area contributed by atoms with Crippen molar-refractivity contribution in [3.8, 4) is 0 Å². The molecule has 2 saturated heterocycles. The first-order valence-electron chi connectivity index (χ1n) is 17.8. The number of ether oxygens (including phenoxy) is 4. The van der Waals surface area contributed by atoms with Crippen LogP contribution in [0, 0.1) is 0 Å². The Labute approximate surface area is 318 Å². The quantitative estimate of drug-likeness (QED) is 0.185. The Kier molecular flexibility index (Phi) is 12.5. The molecule has 15 nitrogen and oxygen atoms in total. The largest absolute Gasteiger partial charge is 0.459 e. The molecule has 15 heteroatoms. The fraction of sp³-hybridized carbons (Fsp3) is 0.375. The highest BCUT2D eigenvalue weighted by molar-refractivity contribution is 6.02. The number of alkyl carbamates (subject to hydrolysis) is 1. The predicted octanol–water partition coefficient (Wildman–Crippen LogP) is 5.11. The zero-order valence-electron chi connectivity index (χ0n) is 31.1. The summed E-state index contributed by atoms with van der Waals surface area (Å²) in [6.45, 7) is 7.87. The van der Waals surface area contributed by atoms with E-state index in [0.29, 0.717) is 26.5 Å². The summed E-state index contributed by atoms with van der Waals surface area (Å²) in [6.07, 6.45) is -5.98. The van der Waals surface area contributed by atoms with Crippen molar-refractivity contribution in [3.63, 3.8) is 0 Å². The van der Waals surface area contributed by atoms with E-state index in [2.05, 4.69) is 10.6 Å². The van der Waals surface area contributed by atoms with Gasteiger partial charge < -0.3 is 29.6 Å². The van der Waals surface area contributed by atoms with E-state index in [9.17, 15) is 33.6 Å². The van der Waals surface area contributed by atoms with E-state index in [0.717, 1.165) is 0 Å². The van der Waals surface area contributed by atoms with Crippen molar-refractivity contribution < 1.29 is 52.5 Å². The number of hydrogen-bond donors (Lipinski definition) is 2. The lowest BCUT2D eigenvalue weighted by Gasteiger charge is -2.28. The van der Waals surface area contributed by atoms with Gasteiger partial charge in [0, 0.05) is 0 Å². The standard InChI is InChI=1S/C40H44N4O11/c1-24-33(43(38(50)53-24)31(45)22-30(28-19-13-8-14-20-28)42-37(49)55-40(3,4)5)35(47)41-29(27-17-11-7-12-18-27)21-32(46)44-34(25(2)54-39(44)51)36(48)52-23-26-15-9-6-10-16-26/h6-20,24-25,29-30,33-34H,21-23H2,1-5H3,(H,41,47)(H,42,49)/t24-,25-,29-,30-,33+,34+/m0/s1. The molecule has 0 aromatic heterocycles. The molecule has 2 N–H and O–H groups in total. The van der Waals surface area contributed by atoms with Gasteiger partial charge in [-0.25, -0.2) is 29.0 Å². The van der Waals surface area contributed by atoms with E-state index in [4.69, 9.17) is 18.9 Å². The minimum atomic E-state index is -1.48. The van der Waals surface area contributed by atoms with Crippen LogP contribution in [0.4, 0.5) is 14.4 Å². The highest BCUT2D eigenvalue weighted by Crippen LogP contribution is 2.29. The molecule has 2 aliphatic heterocycles. The normalized spacial score (nSPS) is 20.5. The molecule has 3 aromatic carbocycles. The number of carbonyl (C=O) groups is 7. The van der Waals surface area contributed by atoms with Crippen molar-refractivity contribution in [3.05, 3.63) is 108 Å². The summed E-state index contributed by atoms with van der Waals surface area (Å²) in [7, 11) is 0. The summed E-state index contributed by atoms with van der Waals surface area (Å²) in [6, 6.07) is 20.9. The SMILES string of the molecule is C[C@@H]1OC(=O)N(C(=O)C[C@H](NC(=O)OC(C)(C)C)c2ccccc2)[C@H]1C(=O)N[C@@H](CC(=O)N1C(=O)O[C@@H](C)[C@@H]1C(=O)OCc1ccccc1)c1ccccc1. The lowest BCUT2D eigenvalue weighted by Crippen LogP contribution is -2.52. The molecule has 6 amide bonds. The van der Waals surface area contributed by atoms with Gasteiger partial charge in [0.2, 0.25) is 17.7 Å². The topological polar surface area (TPSA) is 187 Å². The van der Waals surface area contributed by atoms with Gasteiger partial charge in [0.1, 0.15) is 24.4 Å². The maximum atomic E-state index is 14.1. The van der Waals surface area contributed by atoms with E-state index < -0.39 is 96.8 Å². The van der Waals surface area contributed by atoms with E-state index in [1.165, 1.54) is 13.8 Å². The van der Waals surface area contributed by atoms with Crippen molar-refractivity contribution >= 4 is 42.0 Å². The van der Waals surface area contributed by atoms with Crippen LogP contribution in [0.25, 0.3) is 0 Å². The van der Waals surface area contributed by atoms with Crippen molar-refractivity contribution in [2.24, 2.45) is 0 Å². The molecule has 0 aliphatic carbocycles. The summed E-state index contributed by atoms with van der Waals surface area (Å²) in [4.78, 5) is 95.3. The number of imide groups is 2. The molecule has 0 saturated carbocycles. The zero-order valence-corrected chi connectivity index (χ0v) is 31.1. The van der Waals surface area contributed by atoms with Gasteiger partial charge in [-0.3, -0.25) is 14.4 Å². The third kappa shape index (κ3) is 10.0. The van der Waals surface area contributed by atoms with Crippen molar-refractivity contribution in [2.75, 3.05) is 0 Å². The highest BCUT2D eigenvalue weighted by atomic mass is 16.6. The van der Waals surface area contributed by atoms with Gasteiger partial charge in [-0.2, -0.15) is 0 Å². The number of rotatable bonds is 12. The molecule has 3 aromatic rings. The first-order chi connectivity index (χ1) is 26.1. The van der Waals surface area contributed by atoms with Crippen LogP contribution in [0.2, 0.25) is 0 Å². The molecule has 2 heterocycles. The van der Waals surface area contributed by atoms with Gasteiger partial charge in [0.05, 0.1) is 24.9 Å². The van der Waals surface area contributed by atoms with E-state index in [-0.39, 0.29) is 6.61 Å². The smallest absolute Gasteiger partial charge is 0.417 e. The number of esters is 1. The van der Waals surface area contributed by atoms with Crippen LogP contribution >= 0.6 is 0 Å². The first-order valence-corrected chi connectivity index (χ1v) is 17.8. The molecule has 0 unspecified atom stereocenters. The summed E-state index contributed by atoms with van der Waals surface area (Å²) in [5.74, 6) is -3.35. The van der Waals surface area contributed by atoms with Gasteiger partial charge in [0.15, 0.2) is 12.1 Å². The van der Waals surface area contributed by atoms with Crippen LogP contribution in [0.3, 0.4) is 0 Å². The number of cyclic esters (lactones) is 2. The fourth-order valence-electron chi connectivity index (χ4n) is 6.29. The van der Waals surface area contributed by atoms with Gasteiger partial charge >= 0.3 is 24.2 Å². The third-order valence-corrected chi connectivity index (χ3v) is 8.85. The summed E-state index contributed by atoms with van der Waals surface area (Å²) in [5, 5.41) is 5.43. The molecule has 2 aliphatic rings. The number of hydrogen-bond acceptors (Lipinski definition) is 11. The lowest BCUT2D eigenvalue weighted by atomic mass is 10.0. The minimum Gasteiger partial charge on any atom is -0.459 e. The average Bonchev–Trinajstić information content (AvgIpc) is 3.62. The number of nitrogens with zero attached hydrogens (tertiary/aromatic N) is 2. The zero-order chi connectivity index (χ0) is 39.9. The molecule has 0 bridgehead atoms. The van der Waals surface area contributed by atoms with Gasteiger partial charge in [-0.15, -0.1) is 0 Å². The summed E-state index contributed by atoms with van der Waals surface area (Å²) >= 11 is 0. The van der Waals surface area contributed by atoms with Gasteiger partial charge in [-0.05, 0) is 51.3 Å². The lowest BCUT2D eigenvalue weighted by molar-refractivity contribution is -0.154. The Balaban J connectivity index is 1.34. The first kappa shape index (κ1) is 39.9. The molecule has 0 radical (unpaired) electrons. The average molecular weight is 757 g/mol. The van der Waals surface area contributed by atoms with Crippen LogP contribution in [0.1, 0.15) is 76.2 Å². The summed E-state index contributed by atoms with van der Waals surface area (Å²) < 4.78 is 21.4. The van der Waals surface area contributed by atoms with Crippen LogP contribution in [-0.4, -0.2) is 81.7 Å². The van der Waals surface area contributed by atoms with Crippen LogP contribution < -0.4 is 10.6 Å². The number of benzene rings is 3. The number of amides is 6. The molecule has 6 atom stereocenters. The van der Waals surface area contributed by atoms with E-state index >= 15 is 0 Å². The van der Waals surface area contributed by atoms with Crippen LogP contribution in [-0.2, 0) is 44.7 Å². The van der Waals surface area contributed by atoms with Crippen LogP contribution in [0.5, 0.6) is 0 Å². The highest BCUT2D eigenvalue weighted by Gasteiger charge is 2.50. The Morgan fingerprint density at radius 2 is 1.11 bits per heavy atom. The Morgan fingerprint density at radius 3 is 1.60 bits per heavy atom. The second kappa shape index (κ2) is 17.3. The third-order valence-electron chi connectivity index (χ3n) is 8.85. The molecule has 2 fully saturated rings. The maximum absolute atomic E-state index is 14.1. The molecule has 290 valence electrons. The second-order valence-electron chi connectivity index (χ2n) is 14.2. The maximum Gasteiger partial charge on any atom is 0.417 e. The second-order valence-corrected chi connectivity index (χ2v) is 14.2. The Hall–Kier alpha value is -6.25. The fourth-order valence-corrected chi connectivity index (χ4v) is 6.29. The summed E-state index contributed by atoms with van der Waals surface area (Å²) in [5.41, 5.74) is 0.866.